The molecule has 0 spiro atoms. The average molecular weight is 347 g/mol. The van der Waals surface area contributed by atoms with Crippen molar-refractivity contribution in [3.05, 3.63) is 65.7 Å². The Morgan fingerprint density at radius 3 is 2.23 bits per heavy atom. The van der Waals surface area contributed by atoms with Crippen LogP contribution in [0.2, 0.25) is 0 Å². The van der Waals surface area contributed by atoms with E-state index < -0.39 is 24.3 Å². The van der Waals surface area contributed by atoms with E-state index in [4.69, 9.17) is 0 Å². The summed E-state index contributed by atoms with van der Waals surface area (Å²) in [6.07, 6.45) is 0. The van der Waals surface area contributed by atoms with Crippen LogP contribution in [0.1, 0.15) is 20.7 Å². The minimum absolute atomic E-state index is 0.0745. The fourth-order valence-electron chi connectivity index (χ4n) is 2.73. The second-order valence-electron chi connectivity index (χ2n) is 5.66. The fourth-order valence-corrected chi connectivity index (χ4v) is 2.73. The largest absolute Gasteiger partial charge is 0.292 e. The van der Waals surface area contributed by atoms with Crippen LogP contribution in [0, 0.1) is 0 Å². The average Bonchev–Trinajstić information content (AvgIpc) is 3.22. The lowest BCUT2D eigenvalue weighted by atomic mass is 10.1. The maximum absolute atomic E-state index is 12.3. The number of aromatic nitrogens is 3. The van der Waals surface area contributed by atoms with Crippen LogP contribution in [0.4, 0.5) is 5.95 Å². The van der Waals surface area contributed by atoms with Crippen molar-refractivity contribution in [3.63, 3.8) is 0 Å². The van der Waals surface area contributed by atoms with Gasteiger partial charge in [0.15, 0.2) is 5.82 Å². The Kier molecular flexibility index (Phi) is 3.77. The van der Waals surface area contributed by atoms with Gasteiger partial charge < -0.3 is 0 Å². The predicted molar refractivity (Wildman–Crippen MR) is 92.3 cm³/mol. The number of hydrogen-bond acceptors (Lipinski definition) is 5. The summed E-state index contributed by atoms with van der Waals surface area (Å²) in [5, 5.41) is 9.15. The SMILES string of the molecule is O=C(CN1C(=O)c2ccccc2C1=O)Nc1n[nH]c(-c2ccccc2)n1. The van der Waals surface area contributed by atoms with E-state index in [1.807, 2.05) is 30.3 Å². The molecular formula is C18H13N5O3. The summed E-state index contributed by atoms with van der Waals surface area (Å²) in [4.78, 5) is 41.8. The van der Waals surface area contributed by atoms with Crippen molar-refractivity contribution in [1.29, 1.82) is 0 Å². The van der Waals surface area contributed by atoms with Crippen molar-refractivity contribution in [2.24, 2.45) is 0 Å². The van der Waals surface area contributed by atoms with E-state index in [1.165, 1.54) is 0 Å². The van der Waals surface area contributed by atoms with E-state index in [2.05, 4.69) is 20.5 Å². The number of amides is 3. The summed E-state index contributed by atoms with van der Waals surface area (Å²) in [6, 6.07) is 15.8. The standard InChI is InChI=1S/C18H13N5O3/c24-14(10-23-16(25)12-8-4-5-9-13(12)17(23)26)19-18-20-15(21-22-18)11-6-2-1-3-7-11/h1-9H,10H2,(H2,19,20,21,22,24). The molecular weight excluding hydrogens is 334 g/mol. The third kappa shape index (κ3) is 2.73. The first-order chi connectivity index (χ1) is 12.6. The van der Waals surface area contributed by atoms with E-state index in [-0.39, 0.29) is 5.95 Å². The molecule has 0 unspecified atom stereocenters. The molecule has 0 atom stereocenters. The van der Waals surface area contributed by atoms with Gasteiger partial charge in [-0.1, -0.05) is 42.5 Å². The molecule has 0 bridgehead atoms. The van der Waals surface area contributed by atoms with Gasteiger partial charge in [-0.15, -0.1) is 5.10 Å². The maximum Gasteiger partial charge on any atom is 0.262 e. The molecule has 3 aromatic rings. The summed E-state index contributed by atoms with van der Waals surface area (Å²) in [6.45, 7) is -0.401. The summed E-state index contributed by atoms with van der Waals surface area (Å²) in [5.74, 6) is -0.952. The van der Waals surface area contributed by atoms with Crippen molar-refractivity contribution >= 4 is 23.7 Å². The highest BCUT2D eigenvalue weighted by molar-refractivity contribution is 6.22. The molecule has 0 aliphatic carbocycles. The van der Waals surface area contributed by atoms with E-state index in [1.54, 1.807) is 24.3 Å². The third-order valence-electron chi connectivity index (χ3n) is 3.96. The topological polar surface area (TPSA) is 108 Å². The zero-order chi connectivity index (χ0) is 18.1. The normalized spacial score (nSPS) is 13.0. The van der Waals surface area contributed by atoms with Gasteiger partial charge in [0.1, 0.15) is 6.54 Å². The van der Waals surface area contributed by atoms with Crippen LogP contribution >= 0.6 is 0 Å². The quantitative estimate of drug-likeness (QED) is 0.699. The van der Waals surface area contributed by atoms with Crippen molar-refractivity contribution in [3.8, 4) is 11.4 Å². The van der Waals surface area contributed by atoms with E-state index in [9.17, 15) is 14.4 Å². The number of nitrogens with one attached hydrogen (secondary N) is 2. The van der Waals surface area contributed by atoms with Gasteiger partial charge in [-0.25, -0.2) is 0 Å². The van der Waals surface area contributed by atoms with Gasteiger partial charge in [0.25, 0.3) is 11.8 Å². The zero-order valence-corrected chi connectivity index (χ0v) is 13.5. The molecule has 1 aromatic heterocycles. The number of aromatic amines is 1. The van der Waals surface area contributed by atoms with Crippen LogP contribution in [0.25, 0.3) is 11.4 Å². The Hall–Kier alpha value is -3.81. The van der Waals surface area contributed by atoms with E-state index >= 15 is 0 Å². The minimum atomic E-state index is -0.557. The second-order valence-corrected chi connectivity index (χ2v) is 5.66. The van der Waals surface area contributed by atoms with Gasteiger partial charge in [0.2, 0.25) is 11.9 Å². The Morgan fingerprint density at radius 2 is 1.58 bits per heavy atom. The Balaban J connectivity index is 1.45. The monoisotopic (exact) mass is 347 g/mol. The number of benzene rings is 2. The van der Waals surface area contributed by atoms with Crippen LogP contribution < -0.4 is 5.32 Å². The van der Waals surface area contributed by atoms with Gasteiger partial charge in [-0.3, -0.25) is 29.7 Å². The predicted octanol–water partition coefficient (Wildman–Crippen LogP) is 1.71. The van der Waals surface area contributed by atoms with Crippen molar-refractivity contribution in [2.45, 2.75) is 0 Å². The second kappa shape index (κ2) is 6.25. The number of carbonyl (C=O) groups excluding carboxylic acids is 3. The number of rotatable bonds is 4. The molecule has 0 fully saturated rings. The summed E-state index contributed by atoms with van der Waals surface area (Å²) in [7, 11) is 0. The maximum atomic E-state index is 12.3. The van der Waals surface area contributed by atoms with Crippen LogP contribution in [0.15, 0.2) is 54.6 Å². The molecule has 3 amide bonds. The van der Waals surface area contributed by atoms with Gasteiger partial charge >= 0.3 is 0 Å². The molecule has 0 saturated carbocycles. The Bertz CT molecular complexity index is 977. The van der Waals surface area contributed by atoms with Crippen LogP contribution in [-0.2, 0) is 4.79 Å². The van der Waals surface area contributed by atoms with Gasteiger partial charge in [-0.2, -0.15) is 4.98 Å². The van der Waals surface area contributed by atoms with Crippen molar-refractivity contribution < 1.29 is 14.4 Å². The molecule has 26 heavy (non-hydrogen) atoms. The summed E-state index contributed by atoms with van der Waals surface area (Å²) >= 11 is 0. The highest BCUT2D eigenvalue weighted by Crippen LogP contribution is 2.22. The molecule has 1 aliphatic rings. The lowest BCUT2D eigenvalue weighted by molar-refractivity contribution is -0.116. The summed E-state index contributed by atoms with van der Waals surface area (Å²) < 4.78 is 0. The molecule has 1 aliphatic heterocycles. The Morgan fingerprint density at radius 1 is 0.962 bits per heavy atom. The lowest BCUT2D eigenvalue weighted by Crippen LogP contribution is -2.37. The van der Waals surface area contributed by atoms with Gasteiger partial charge in [0, 0.05) is 5.56 Å². The fraction of sp³-hybridized carbons (Fsp3) is 0.0556. The molecule has 8 nitrogen and oxygen atoms in total. The molecule has 4 rings (SSSR count). The first kappa shape index (κ1) is 15.7. The molecule has 0 radical (unpaired) electrons. The van der Waals surface area contributed by atoms with Crippen LogP contribution in [0.3, 0.4) is 0 Å². The van der Waals surface area contributed by atoms with E-state index in [0.717, 1.165) is 10.5 Å². The number of imide groups is 1. The highest BCUT2D eigenvalue weighted by atomic mass is 16.2. The molecule has 128 valence electrons. The summed E-state index contributed by atoms with van der Waals surface area (Å²) in [5.41, 5.74) is 1.42. The molecule has 2 N–H and O–H groups in total. The molecule has 0 saturated heterocycles. The first-order valence-corrected chi connectivity index (χ1v) is 7.86. The number of anilines is 1. The third-order valence-corrected chi connectivity index (χ3v) is 3.96. The number of nitrogens with zero attached hydrogens (tertiary/aromatic N) is 3. The van der Waals surface area contributed by atoms with E-state index in [0.29, 0.717) is 17.0 Å². The number of fused-ring (bicyclic) bond motifs is 1. The number of carbonyl (C=O) groups is 3. The minimum Gasteiger partial charge on any atom is -0.292 e. The first-order valence-electron chi connectivity index (χ1n) is 7.86. The molecule has 2 heterocycles. The number of H-pyrrole nitrogens is 1. The number of hydrogen-bond donors (Lipinski definition) is 2. The zero-order valence-electron chi connectivity index (χ0n) is 13.5. The van der Waals surface area contributed by atoms with Crippen molar-refractivity contribution in [1.82, 2.24) is 20.1 Å². The smallest absolute Gasteiger partial charge is 0.262 e. The lowest BCUT2D eigenvalue weighted by Gasteiger charge is -2.12. The molecule has 2 aromatic carbocycles. The molecule has 8 heteroatoms. The van der Waals surface area contributed by atoms with Gasteiger partial charge in [-0.05, 0) is 12.1 Å². The van der Waals surface area contributed by atoms with Crippen LogP contribution in [0.5, 0.6) is 0 Å². The highest BCUT2D eigenvalue weighted by Gasteiger charge is 2.36. The van der Waals surface area contributed by atoms with Gasteiger partial charge in [0.05, 0.1) is 11.1 Å². The Labute approximate surface area is 147 Å². The van der Waals surface area contributed by atoms with Crippen molar-refractivity contribution in [2.75, 3.05) is 11.9 Å². The van der Waals surface area contributed by atoms with Crippen LogP contribution in [-0.4, -0.2) is 44.3 Å².